The number of aryl methyl sites for hydroxylation is 1. The molecule has 0 N–H and O–H groups in total. The summed E-state index contributed by atoms with van der Waals surface area (Å²) in [6, 6.07) is 8.28. The highest BCUT2D eigenvalue weighted by atomic mass is 16.9. The molecule has 1 aromatic rings. The first kappa shape index (κ1) is 20.0. The Morgan fingerprint density at radius 3 is 1.91 bits per heavy atom. The van der Waals surface area contributed by atoms with E-state index < -0.39 is 5.97 Å². The minimum Gasteiger partial charge on any atom is -0.439 e. The van der Waals surface area contributed by atoms with E-state index in [1.807, 2.05) is 32.9 Å². The van der Waals surface area contributed by atoms with Crippen LogP contribution in [0.1, 0.15) is 71.8 Å². The van der Waals surface area contributed by atoms with Gasteiger partial charge >= 0.3 is 5.97 Å². The number of unbranched alkanes of at least 4 members (excludes halogenated alkanes) is 5. The first-order chi connectivity index (χ1) is 11.1. The fraction of sp³-hybridized carbons (Fsp3) is 0.700. The summed E-state index contributed by atoms with van der Waals surface area (Å²) < 4.78 is 17.0. The van der Waals surface area contributed by atoms with Crippen LogP contribution in [0.3, 0.4) is 0 Å². The highest BCUT2D eigenvalue weighted by Crippen LogP contribution is 2.22. The third-order valence-corrected chi connectivity index (χ3v) is 3.86. The topological polar surface area (TPSA) is 27.7 Å². The van der Waals surface area contributed by atoms with Gasteiger partial charge in [0.2, 0.25) is 0 Å². The Bertz CT molecular complexity index is 394. The van der Waals surface area contributed by atoms with Crippen molar-refractivity contribution in [3.05, 3.63) is 29.8 Å². The van der Waals surface area contributed by atoms with Crippen LogP contribution >= 0.6 is 0 Å². The van der Waals surface area contributed by atoms with Gasteiger partial charge in [-0.05, 0) is 44.4 Å². The van der Waals surface area contributed by atoms with Crippen molar-refractivity contribution in [3.63, 3.8) is 0 Å². The molecule has 0 aliphatic rings. The van der Waals surface area contributed by atoms with Crippen molar-refractivity contribution < 1.29 is 14.2 Å². The summed E-state index contributed by atoms with van der Waals surface area (Å²) in [5.41, 5.74) is 1.36. The molecule has 23 heavy (non-hydrogen) atoms. The summed E-state index contributed by atoms with van der Waals surface area (Å²) in [6.45, 7) is 9.03. The second-order valence-corrected chi connectivity index (χ2v) is 5.99. The quantitative estimate of drug-likeness (QED) is 0.343. The average molecular weight is 322 g/mol. The second-order valence-electron chi connectivity index (χ2n) is 5.99. The van der Waals surface area contributed by atoms with Crippen LogP contribution in [0.2, 0.25) is 0 Å². The Morgan fingerprint density at radius 1 is 0.783 bits per heavy atom. The molecule has 3 heteroatoms. The predicted molar refractivity (Wildman–Crippen MR) is 95.8 cm³/mol. The van der Waals surface area contributed by atoms with E-state index in [9.17, 15) is 0 Å². The van der Waals surface area contributed by atoms with Crippen LogP contribution in [-0.2, 0) is 15.9 Å². The van der Waals surface area contributed by atoms with Gasteiger partial charge < -0.3 is 14.2 Å². The van der Waals surface area contributed by atoms with Gasteiger partial charge in [-0.2, -0.15) is 0 Å². The summed E-state index contributed by atoms with van der Waals surface area (Å²) >= 11 is 0. The van der Waals surface area contributed by atoms with Gasteiger partial charge in [-0.15, -0.1) is 0 Å². The summed E-state index contributed by atoms with van der Waals surface area (Å²) in [7, 11) is 0. The van der Waals surface area contributed by atoms with Gasteiger partial charge in [0.1, 0.15) is 5.75 Å². The lowest BCUT2D eigenvalue weighted by atomic mass is 10.0. The lowest BCUT2D eigenvalue weighted by Crippen LogP contribution is -2.39. The Morgan fingerprint density at radius 2 is 1.35 bits per heavy atom. The minimum absolute atomic E-state index is 0.548. The molecule has 0 unspecified atom stereocenters. The molecule has 132 valence electrons. The van der Waals surface area contributed by atoms with Gasteiger partial charge in [-0.25, -0.2) is 0 Å². The van der Waals surface area contributed by atoms with Crippen LogP contribution in [-0.4, -0.2) is 19.2 Å². The van der Waals surface area contributed by atoms with E-state index in [1.54, 1.807) is 0 Å². The third kappa shape index (κ3) is 8.38. The second kappa shape index (κ2) is 11.5. The Hall–Kier alpha value is -1.06. The van der Waals surface area contributed by atoms with Gasteiger partial charge in [0.25, 0.3) is 0 Å². The minimum atomic E-state index is -1.01. The van der Waals surface area contributed by atoms with E-state index in [0.29, 0.717) is 13.2 Å². The van der Waals surface area contributed by atoms with Crippen LogP contribution < -0.4 is 4.74 Å². The zero-order chi connectivity index (χ0) is 17.0. The highest BCUT2D eigenvalue weighted by molar-refractivity contribution is 5.27. The third-order valence-electron chi connectivity index (χ3n) is 3.86. The molecule has 1 rings (SSSR count). The number of hydrogen-bond donors (Lipinski definition) is 0. The molecule has 0 amide bonds. The van der Waals surface area contributed by atoms with Gasteiger partial charge in [-0.3, -0.25) is 0 Å². The Kier molecular flexibility index (Phi) is 9.97. The zero-order valence-electron chi connectivity index (χ0n) is 15.4. The molecule has 3 nitrogen and oxygen atoms in total. The molecule has 0 fully saturated rings. The number of benzene rings is 1. The Labute approximate surface area is 142 Å². The first-order valence-electron chi connectivity index (χ1n) is 9.19. The molecular formula is C20H34O3. The molecule has 0 heterocycles. The normalized spacial score (nSPS) is 11.7. The van der Waals surface area contributed by atoms with Crippen LogP contribution in [0.5, 0.6) is 5.75 Å². The number of rotatable bonds is 13. The van der Waals surface area contributed by atoms with E-state index >= 15 is 0 Å². The largest absolute Gasteiger partial charge is 0.439 e. The van der Waals surface area contributed by atoms with Crippen molar-refractivity contribution in [2.75, 3.05) is 13.2 Å². The molecule has 0 bridgehead atoms. The van der Waals surface area contributed by atoms with Gasteiger partial charge in [0.05, 0.1) is 13.2 Å². The van der Waals surface area contributed by atoms with Gasteiger partial charge in [-0.1, -0.05) is 51.2 Å². The molecule has 1 aromatic carbocycles. The SMILES string of the molecule is CCCCCCCCc1ccc(OC(C)(OCC)OCC)cc1. The molecule has 0 saturated heterocycles. The van der Waals surface area contributed by atoms with Crippen LogP contribution in [0.15, 0.2) is 24.3 Å². The van der Waals surface area contributed by atoms with Crippen molar-refractivity contribution >= 4 is 0 Å². The molecule has 0 atom stereocenters. The zero-order valence-corrected chi connectivity index (χ0v) is 15.4. The fourth-order valence-corrected chi connectivity index (χ4v) is 2.67. The van der Waals surface area contributed by atoms with E-state index in [4.69, 9.17) is 14.2 Å². The summed E-state index contributed by atoms with van der Waals surface area (Å²) in [6.07, 6.45) is 9.13. The van der Waals surface area contributed by atoms with Crippen molar-refractivity contribution in [1.82, 2.24) is 0 Å². The highest BCUT2D eigenvalue weighted by Gasteiger charge is 2.27. The number of hydrogen-bond acceptors (Lipinski definition) is 3. The maximum absolute atomic E-state index is 5.86. The molecule has 0 saturated carbocycles. The van der Waals surface area contributed by atoms with E-state index in [0.717, 1.165) is 12.2 Å². The predicted octanol–water partition coefficient (Wildman–Crippen LogP) is 5.72. The maximum atomic E-state index is 5.86. The van der Waals surface area contributed by atoms with Gasteiger partial charge in [0.15, 0.2) is 0 Å². The first-order valence-corrected chi connectivity index (χ1v) is 9.19. The van der Waals surface area contributed by atoms with Crippen LogP contribution in [0, 0.1) is 0 Å². The molecule has 0 spiro atoms. The molecule has 0 radical (unpaired) electrons. The van der Waals surface area contributed by atoms with Crippen molar-refractivity contribution in [2.24, 2.45) is 0 Å². The Balaban J connectivity index is 2.40. The molecule has 0 aliphatic heterocycles. The standard InChI is InChI=1S/C20H34O3/c1-5-8-9-10-11-12-13-18-14-16-19(17-15-18)23-20(4,21-6-2)22-7-3/h14-17H,5-13H2,1-4H3. The maximum Gasteiger partial charge on any atom is 0.323 e. The summed E-state index contributed by atoms with van der Waals surface area (Å²) in [5.74, 6) is -0.231. The van der Waals surface area contributed by atoms with E-state index in [-0.39, 0.29) is 0 Å². The monoisotopic (exact) mass is 322 g/mol. The van der Waals surface area contributed by atoms with Crippen LogP contribution in [0.4, 0.5) is 0 Å². The summed E-state index contributed by atoms with van der Waals surface area (Å²) in [4.78, 5) is 0. The fourth-order valence-electron chi connectivity index (χ4n) is 2.67. The van der Waals surface area contributed by atoms with Crippen molar-refractivity contribution in [2.45, 2.75) is 78.6 Å². The summed E-state index contributed by atoms with van der Waals surface area (Å²) in [5, 5.41) is 0. The molecule has 0 aromatic heterocycles. The lowest BCUT2D eigenvalue weighted by molar-refractivity contribution is -0.328. The van der Waals surface area contributed by atoms with E-state index in [1.165, 1.54) is 44.1 Å². The molecule has 0 aliphatic carbocycles. The smallest absolute Gasteiger partial charge is 0.323 e. The van der Waals surface area contributed by atoms with E-state index in [2.05, 4.69) is 19.1 Å². The average Bonchev–Trinajstić information content (AvgIpc) is 2.52. The van der Waals surface area contributed by atoms with Gasteiger partial charge in [0, 0.05) is 6.92 Å². The van der Waals surface area contributed by atoms with Crippen molar-refractivity contribution in [3.8, 4) is 5.75 Å². The lowest BCUT2D eigenvalue weighted by Gasteiger charge is -2.29. The van der Waals surface area contributed by atoms with Crippen molar-refractivity contribution in [1.29, 1.82) is 0 Å². The van der Waals surface area contributed by atoms with Crippen LogP contribution in [0.25, 0.3) is 0 Å². The number of ether oxygens (including phenoxy) is 3. The molecular weight excluding hydrogens is 288 g/mol.